The zero-order valence-electron chi connectivity index (χ0n) is 50.4. The van der Waals surface area contributed by atoms with Crippen molar-refractivity contribution in [1.82, 2.24) is 43.8 Å². The van der Waals surface area contributed by atoms with Gasteiger partial charge in [-0.25, -0.2) is 46.2 Å². The Bertz CT molecular complexity index is 3330. The monoisotopic (exact) mass is 1310 g/mol. The SMILES string of the molecule is CN1CCN(Cc2ccc(Nc3ncc(Cl)c([NH2+]c4ccccc4S(=O)(=O)N(C)C)n3)cc2)CC1.Cc1cnc(Nc2ccc(CN3CCN(C)CC3)cc2)nc1Nc1ccccc1S(=O)(=O)[NH+](C)C.O=C(O)[C@H](O)[C@@H](O)C(=O)O.O=C(O)[C@H](O)[C@@H](O)C(=O)O. The number of aryl methyl sites for hydroxylation is 1. The summed E-state index contributed by atoms with van der Waals surface area (Å²) in [6.45, 7) is 12.5. The molecule has 2 fully saturated rings. The lowest BCUT2D eigenvalue weighted by molar-refractivity contribution is -0.717. The van der Waals surface area contributed by atoms with Crippen molar-refractivity contribution in [2.24, 2.45) is 0 Å². The van der Waals surface area contributed by atoms with Gasteiger partial charge in [-0.1, -0.05) is 60.1 Å². The number of carboxylic acids is 4. The predicted octanol–water partition coefficient (Wildman–Crippen LogP) is 0.00552. The van der Waals surface area contributed by atoms with Gasteiger partial charge in [0.15, 0.2) is 30.1 Å². The van der Waals surface area contributed by atoms with E-state index in [1.807, 2.05) is 31.2 Å². The van der Waals surface area contributed by atoms with Crippen LogP contribution in [0.15, 0.2) is 119 Å². The van der Waals surface area contributed by atoms with Crippen LogP contribution < -0.4 is 25.6 Å². The molecule has 2 aliphatic heterocycles. The Hall–Kier alpha value is -7.93. The third kappa shape index (κ3) is 21.6. The molecule has 0 aliphatic carbocycles. The summed E-state index contributed by atoms with van der Waals surface area (Å²) in [6.07, 6.45) is -5.84. The molecule has 4 aromatic carbocycles. The molecule has 30 nitrogen and oxygen atoms in total. The molecule has 14 N–H and O–H groups in total. The minimum Gasteiger partial charge on any atom is -0.479 e. The molecule has 2 aromatic heterocycles. The average Bonchev–Trinajstić information content (AvgIpc) is 0.930. The number of hydrogen-bond acceptors (Lipinski definition) is 23. The Balaban J connectivity index is 0.000000252. The van der Waals surface area contributed by atoms with E-state index in [1.54, 1.807) is 74.1 Å². The molecule has 4 heterocycles. The molecule has 0 saturated carbocycles. The number of para-hydroxylation sites is 2. The average molecular weight is 1310 g/mol. The Morgan fingerprint density at radius 2 is 0.989 bits per heavy atom. The van der Waals surface area contributed by atoms with Crippen LogP contribution >= 0.6 is 11.6 Å². The number of carboxylic acid groups (broad SMARTS) is 4. The molecule has 0 amide bonds. The largest absolute Gasteiger partial charge is 0.479 e. The second kappa shape index (κ2) is 33.8. The number of hydrogen-bond donors (Lipinski definition) is 13. The quantitative estimate of drug-likeness (QED) is 0.0398. The fourth-order valence-electron chi connectivity index (χ4n) is 8.21. The maximum atomic E-state index is 12.8. The van der Waals surface area contributed by atoms with E-state index in [0.717, 1.165) is 82.4 Å². The number of likely N-dealkylation sites (N-methyl/N-ethyl adjacent to an activating group) is 2. The predicted molar refractivity (Wildman–Crippen MR) is 332 cm³/mol. The van der Waals surface area contributed by atoms with Gasteiger partial charge in [-0.3, -0.25) is 15.1 Å². The molecule has 0 spiro atoms. The van der Waals surface area contributed by atoms with Crippen molar-refractivity contribution in [2.75, 3.05) is 111 Å². The summed E-state index contributed by atoms with van der Waals surface area (Å²) in [6, 6.07) is 30.1. The molecule has 2 aliphatic rings. The Morgan fingerprint density at radius 3 is 1.41 bits per heavy atom. The molecular weight excluding hydrogens is 1240 g/mol. The minimum atomic E-state index is -3.62. The van der Waals surface area contributed by atoms with Gasteiger partial charge < -0.3 is 66.6 Å². The summed E-state index contributed by atoms with van der Waals surface area (Å²) in [5.41, 5.74) is 6.06. The smallest absolute Gasteiger partial charge is 0.335 e. The second-order valence-corrected chi connectivity index (χ2v) is 25.9. The normalized spacial score (nSPS) is 15.5. The lowest BCUT2D eigenvalue weighted by atomic mass is 10.2. The van der Waals surface area contributed by atoms with Crippen molar-refractivity contribution in [3.05, 3.63) is 131 Å². The number of piperazine rings is 2. The number of aliphatic hydroxyl groups excluding tert-OH is 4. The number of quaternary nitrogens is 2. The molecule has 2 saturated heterocycles. The zero-order valence-corrected chi connectivity index (χ0v) is 52.8. The third-order valence-electron chi connectivity index (χ3n) is 13.7. The van der Waals surface area contributed by atoms with E-state index in [2.05, 4.69) is 93.8 Å². The maximum Gasteiger partial charge on any atom is 0.335 e. The first-order chi connectivity index (χ1) is 42.4. The van der Waals surface area contributed by atoms with Crippen LogP contribution in [0.2, 0.25) is 5.02 Å². The van der Waals surface area contributed by atoms with Crippen LogP contribution in [0.5, 0.6) is 0 Å². The van der Waals surface area contributed by atoms with Gasteiger partial charge in [0, 0.05) is 109 Å². The molecule has 33 heteroatoms. The first-order valence-corrected chi connectivity index (χ1v) is 31.0. The summed E-state index contributed by atoms with van der Waals surface area (Å²) in [4.78, 5) is 66.9. The van der Waals surface area contributed by atoms with Gasteiger partial charge in [-0.2, -0.15) is 18.4 Å². The van der Waals surface area contributed by atoms with Crippen molar-refractivity contribution in [2.45, 2.75) is 54.2 Å². The van der Waals surface area contributed by atoms with Crippen LogP contribution in [0.1, 0.15) is 16.7 Å². The molecule has 0 radical (unpaired) electrons. The maximum absolute atomic E-state index is 12.8. The topological polar surface area (TPSA) is 423 Å². The highest BCUT2D eigenvalue weighted by molar-refractivity contribution is 7.89. The van der Waals surface area contributed by atoms with Crippen LogP contribution in [0.3, 0.4) is 0 Å². The van der Waals surface area contributed by atoms with E-state index in [4.69, 9.17) is 52.5 Å². The number of nitrogens with two attached hydrogens (primary N) is 1. The molecule has 0 unspecified atom stereocenters. The molecule has 4 atom stereocenters. The number of nitrogens with zero attached hydrogens (tertiary/aromatic N) is 9. The summed E-state index contributed by atoms with van der Waals surface area (Å²) >= 11 is 6.35. The summed E-state index contributed by atoms with van der Waals surface area (Å²) in [5.74, 6) is -5.29. The molecule has 8 rings (SSSR count). The number of aromatic nitrogens is 4. The number of rotatable bonds is 22. The molecule has 6 aromatic rings. The number of aliphatic carboxylic acids is 4. The molecule has 90 heavy (non-hydrogen) atoms. The first kappa shape index (κ1) is 72.8. The van der Waals surface area contributed by atoms with Crippen LogP contribution in [0.4, 0.5) is 46.3 Å². The van der Waals surface area contributed by atoms with Crippen molar-refractivity contribution in [3.8, 4) is 0 Å². The van der Waals surface area contributed by atoms with Crippen molar-refractivity contribution >= 4 is 102 Å². The summed E-state index contributed by atoms with van der Waals surface area (Å²) in [5, 5.41) is 76.7. The highest BCUT2D eigenvalue weighted by Crippen LogP contribution is 2.27. The third-order valence-corrected chi connectivity index (χ3v) is 17.9. The molecule has 0 bridgehead atoms. The fraction of sp³-hybridized carbons (Fsp3) is 0.368. The van der Waals surface area contributed by atoms with E-state index in [-0.39, 0.29) is 9.79 Å². The second-order valence-electron chi connectivity index (χ2n) is 21.1. The number of sulfonamides is 2. The zero-order chi connectivity index (χ0) is 66.6. The number of benzene rings is 4. The Labute approximate surface area is 525 Å². The molecule has 488 valence electrons. The van der Waals surface area contributed by atoms with Crippen LogP contribution in [-0.4, -0.2) is 244 Å². The number of carbonyl (C=O) groups is 4. The van der Waals surface area contributed by atoms with Gasteiger partial charge in [0.2, 0.25) is 21.9 Å². The van der Waals surface area contributed by atoms with Crippen molar-refractivity contribution in [3.63, 3.8) is 0 Å². The van der Waals surface area contributed by atoms with E-state index in [0.29, 0.717) is 44.2 Å². The Morgan fingerprint density at radius 1 is 0.589 bits per heavy atom. The molecular formula is C57H77ClN14O16S2+2. The lowest BCUT2D eigenvalue weighted by Gasteiger charge is -2.32. The number of halogens is 1. The minimum absolute atomic E-state index is 0.185. The Kier molecular flexibility index (Phi) is 27.3. The van der Waals surface area contributed by atoms with Crippen LogP contribution in [0, 0.1) is 6.92 Å². The number of nitrogens with one attached hydrogen (secondary N) is 4. The van der Waals surface area contributed by atoms with Gasteiger partial charge >= 0.3 is 33.9 Å². The summed E-state index contributed by atoms with van der Waals surface area (Å²) < 4.78 is 52.5. The van der Waals surface area contributed by atoms with Gasteiger partial charge in [0.25, 0.3) is 5.82 Å². The van der Waals surface area contributed by atoms with Gasteiger partial charge in [0.05, 0.1) is 26.0 Å². The van der Waals surface area contributed by atoms with E-state index in [9.17, 15) is 36.0 Å². The number of anilines is 6. The standard InChI is InChI=1S/C25H33N7O2S.C24H30ClN7O2S.2C4H6O6/c1-19-17-26-25(27-21-11-9-20(10-12-21)18-32-15-13-31(4)14-16-32)29-24(19)28-22-7-5-6-8-23(22)35(33,34)30(2)3;1-30(2)35(33,34)22-7-5-4-6-21(22)28-23-20(25)16-26-24(29-23)27-19-10-8-18(9-11-19)17-32-14-12-31(3)13-15-32;2*5-1(3(7)8)2(6)4(9)10/h5-12,17H,13-16,18H2,1-4H3,(H2,26,27,28,29);4-11,16H,12-15,17H2,1-3H3,(H2,26,27,28,29);2*1-2,5-6H,(H,7,8)(H,9,10)/p+2/t;;2*1-,2-/m..11/s1. The van der Waals surface area contributed by atoms with Crippen molar-refractivity contribution in [1.29, 1.82) is 0 Å². The van der Waals surface area contributed by atoms with Crippen LogP contribution in [-0.2, 0) is 52.3 Å². The fourth-order valence-corrected chi connectivity index (χ4v) is 10.5. The van der Waals surface area contributed by atoms with Gasteiger partial charge in [-0.15, -0.1) is 0 Å². The van der Waals surface area contributed by atoms with Crippen molar-refractivity contribution < 1.29 is 86.5 Å². The lowest BCUT2D eigenvalue weighted by Crippen LogP contribution is -3.07. The van der Waals surface area contributed by atoms with Gasteiger partial charge in [-0.05, 0) is 74.6 Å². The highest BCUT2D eigenvalue weighted by Gasteiger charge is 2.31. The van der Waals surface area contributed by atoms with Crippen LogP contribution in [0.25, 0.3) is 0 Å². The van der Waals surface area contributed by atoms with E-state index >= 15 is 0 Å². The first-order valence-electron chi connectivity index (χ1n) is 27.7. The number of aliphatic hydroxyl groups is 4. The summed E-state index contributed by atoms with van der Waals surface area (Å²) in [7, 11) is 3.37. The van der Waals surface area contributed by atoms with E-state index in [1.165, 1.54) is 35.7 Å². The van der Waals surface area contributed by atoms with E-state index < -0.39 is 68.3 Å². The highest BCUT2D eigenvalue weighted by atomic mass is 35.5. The van der Waals surface area contributed by atoms with Gasteiger partial charge in [0.1, 0.15) is 20.6 Å².